The molecule has 2 aliphatic heterocycles. The number of hydrogen-bond donors (Lipinski definition) is 0. The van der Waals surface area contributed by atoms with Crippen molar-refractivity contribution in [1.82, 2.24) is 9.55 Å². The Morgan fingerprint density at radius 2 is 2.00 bits per heavy atom. The molecule has 2 aromatic rings. The van der Waals surface area contributed by atoms with Crippen molar-refractivity contribution in [1.29, 1.82) is 0 Å². The number of thiophene rings is 1. The summed E-state index contributed by atoms with van der Waals surface area (Å²) in [5.74, 6) is 3.64. The first-order chi connectivity index (χ1) is 10.8. The Hall–Kier alpha value is -0.810. The van der Waals surface area contributed by atoms with Crippen LogP contribution in [0.2, 0.25) is 0 Å². The first-order valence-electron chi connectivity index (χ1n) is 8.38. The lowest BCUT2D eigenvalue weighted by atomic mass is 9.70. The molecule has 3 nitrogen and oxygen atoms in total. The molecule has 116 valence electrons. The Balaban J connectivity index is 1.65. The van der Waals surface area contributed by atoms with E-state index in [1.165, 1.54) is 47.6 Å². The molecule has 1 saturated heterocycles. The maximum Gasteiger partial charge on any atom is 0.262 e. The maximum atomic E-state index is 12.8. The number of hydrogen-bond acceptors (Lipinski definition) is 4. The minimum Gasteiger partial charge on any atom is -0.296 e. The summed E-state index contributed by atoms with van der Waals surface area (Å²) in [6.07, 6.45) is 8.31. The summed E-state index contributed by atoms with van der Waals surface area (Å²) in [5, 5.41) is 0.964. The standard InChI is InChI=1S/C17H20N2OS2/c20-16-14-11-3-4-17(5-8-21-9-6-17)10-12(11)22-15(14)18-13-2-1-7-19(13)16/h1-10H2. The lowest BCUT2D eigenvalue weighted by molar-refractivity contribution is 0.226. The van der Waals surface area contributed by atoms with Gasteiger partial charge in [0.05, 0.1) is 5.39 Å². The van der Waals surface area contributed by atoms with E-state index in [0.717, 1.165) is 41.8 Å². The second kappa shape index (κ2) is 4.84. The average molecular weight is 332 g/mol. The Morgan fingerprint density at radius 3 is 2.86 bits per heavy atom. The number of thioether (sulfide) groups is 1. The highest BCUT2D eigenvalue weighted by Gasteiger charge is 2.38. The predicted molar refractivity (Wildman–Crippen MR) is 93.2 cm³/mol. The minimum absolute atomic E-state index is 0.241. The molecule has 1 fully saturated rings. The lowest BCUT2D eigenvalue weighted by Gasteiger charge is -2.40. The van der Waals surface area contributed by atoms with Crippen molar-refractivity contribution < 1.29 is 0 Å². The largest absolute Gasteiger partial charge is 0.296 e. The molecule has 5 rings (SSSR count). The predicted octanol–water partition coefficient (Wildman–Crippen LogP) is 3.41. The number of fused-ring (bicyclic) bond motifs is 4. The quantitative estimate of drug-likeness (QED) is 0.741. The summed E-state index contributed by atoms with van der Waals surface area (Å²) >= 11 is 3.92. The summed E-state index contributed by atoms with van der Waals surface area (Å²) < 4.78 is 1.93. The molecular formula is C17H20N2OS2. The molecule has 0 N–H and O–H groups in total. The Labute approximate surface area is 138 Å². The third-order valence-electron chi connectivity index (χ3n) is 5.85. The van der Waals surface area contributed by atoms with Crippen LogP contribution < -0.4 is 5.56 Å². The topological polar surface area (TPSA) is 34.9 Å². The van der Waals surface area contributed by atoms with Crippen LogP contribution in [0.4, 0.5) is 0 Å². The van der Waals surface area contributed by atoms with E-state index in [-0.39, 0.29) is 5.56 Å². The molecule has 0 atom stereocenters. The van der Waals surface area contributed by atoms with Crippen LogP contribution in [0.5, 0.6) is 0 Å². The SMILES string of the molecule is O=c1c2c3c(sc2nc2n1CCC2)CC1(CCSCC1)CC3. The Bertz CT molecular complexity index is 814. The number of aryl methyl sites for hydroxylation is 2. The summed E-state index contributed by atoms with van der Waals surface area (Å²) in [5.41, 5.74) is 2.12. The molecule has 0 saturated carbocycles. The van der Waals surface area contributed by atoms with Gasteiger partial charge in [-0.15, -0.1) is 11.3 Å². The second-order valence-corrected chi connectivity index (χ2v) is 9.37. The highest BCUT2D eigenvalue weighted by Crippen LogP contribution is 2.48. The van der Waals surface area contributed by atoms with Gasteiger partial charge in [-0.05, 0) is 61.0 Å². The summed E-state index contributed by atoms with van der Waals surface area (Å²) in [4.78, 5) is 20.2. The molecule has 0 amide bonds. The van der Waals surface area contributed by atoms with E-state index in [1.807, 2.05) is 15.9 Å². The van der Waals surface area contributed by atoms with Crippen LogP contribution in [0.15, 0.2) is 4.79 Å². The van der Waals surface area contributed by atoms with Crippen molar-refractivity contribution in [2.24, 2.45) is 5.41 Å². The van der Waals surface area contributed by atoms with Crippen LogP contribution in [0, 0.1) is 5.41 Å². The number of nitrogens with zero attached hydrogens (tertiary/aromatic N) is 2. The molecule has 0 unspecified atom stereocenters. The van der Waals surface area contributed by atoms with Crippen molar-refractivity contribution in [3.63, 3.8) is 0 Å². The molecule has 22 heavy (non-hydrogen) atoms. The molecular weight excluding hydrogens is 312 g/mol. The van der Waals surface area contributed by atoms with Crippen LogP contribution >= 0.6 is 23.1 Å². The highest BCUT2D eigenvalue weighted by atomic mass is 32.2. The van der Waals surface area contributed by atoms with Crippen LogP contribution in [-0.4, -0.2) is 21.1 Å². The molecule has 0 aromatic carbocycles. The molecule has 3 aliphatic rings. The van der Waals surface area contributed by atoms with Crippen molar-refractivity contribution in [2.75, 3.05) is 11.5 Å². The van der Waals surface area contributed by atoms with E-state index >= 15 is 0 Å². The molecule has 1 aliphatic carbocycles. The Morgan fingerprint density at radius 1 is 1.14 bits per heavy atom. The van der Waals surface area contributed by atoms with Gasteiger partial charge in [0.25, 0.3) is 5.56 Å². The summed E-state index contributed by atoms with van der Waals surface area (Å²) in [7, 11) is 0. The minimum atomic E-state index is 0.241. The second-order valence-electron chi connectivity index (χ2n) is 7.06. The van der Waals surface area contributed by atoms with Gasteiger partial charge in [-0.25, -0.2) is 4.98 Å². The first kappa shape index (κ1) is 13.6. The monoisotopic (exact) mass is 332 g/mol. The number of rotatable bonds is 0. The van der Waals surface area contributed by atoms with Crippen molar-refractivity contribution in [3.8, 4) is 0 Å². The van der Waals surface area contributed by atoms with Gasteiger partial charge in [-0.1, -0.05) is 0 Å². The van der Waals surface area contributed by atoms with Crippen molar-refractivity contribution in [3.05, 3.63) is 26.6 Å². The van der Waals surface area contributed by atoms with Gasteiger partial charge in [0.1, 0.15) is 10.7 Å². The average Bonchev–Trinajstić information content (AvgIpc) is 3.12. The van der Waals surface area contributed by atoms with Gasteiger partial charge in [-0.2, -0.15) is 11.8 Å². The van der Waals surface area contributed by atoms with E-state index in [2.05, 4.69) is 11.8 Å². The molecule has 0 radical (unpaired) electrons. The van der Waals surface area contributed by atoms with Gasteiger partial charge in [-0.3, -0.25) is 9.36 Å². The summed E-state index contributed by atoms with van der Waals surface area (Å²) in [6.45, 7) is 0.864. The van der Waals surface area contributed by atoms with Gasteiger partial charge in [0.2, 0.25) is 0 Å². The van der Waals surface area contributed by atoms with E-state index in [9.17, 15) is 4.79 Å². The molecule has 1 spiro atoms. The third kappa shape index (κ3) is 1.88. The number of aromatic nitrogens is 2. The molecule has 4 heterocycles. The zero-order valence-corrected chi connectivity index (χ0v) is 14.3. The van der Waals surface area contributed by atoms with Gasteiger partial charge in [0.15, 0.2) is 0 Å². The van der Waals surface area contributed by atoms with E-state index < -0.39 is 0 Å². The zero-order chi connectivity index (χ0) is 14.7. The smallest absolute Gasteiger partial charge is 0.262 e. The van der Waals surface area contributed by atoms with Gasteiger partial charge in [0, 0.05) is 17.8 Å². The molecule has 2 aromatic heterocycles. The zero-order valence-electron chi connectivity index (χ0n) is 12.7. The van der Waals surface area contributed by atoms with Crippen LogP contribution in [-0.2, 0) is 25.8 Å². The maximum absolute atomic E-state index is 12.8. The van der Waals surface area contributed by atoms with Crippen molar-refractivity contribution in [2.45, 2.75) is 51.5 Å². The third-order valence-corrected chi connectivity index (χ3v) is 7.96. The highest BCUT2D eigenvalue weighted by molar-refractivity contribution is 7.99. The van der Waals surface area contributed by atoms with Crippen molar-refractivity contribution >= 4 is 33.3 Å². The van der Waals surface area contributed by atoms with E-state index in [0.29, 0.717) is 5.41 Å². The Kier molecular flexibility index (Phi) is 3.00. The van der Waals surface area contributed by atoms with Crippen LogP contribution in [0.25, 0.3) is 10.2 Å². The van der Waals surface area contributed by atoms with Crippen LogP contribution in [0.1, 0.15) is 41.9 Å². The summed E-state index contributed by atoms with van der Waals surface area (Å²) in [6, 6.07) is 0. The molecule has 5 heteroatoms. The lowest BCUT2D eigenvalue weighted by Crippen LogP contribution is -2.32. The fourth-order valence-electron chi connectivity index (χ4n) is 4.50. The normalized spacial score (nSPS) is 22.9. The van der Waals surface area contributed by atoms with Gasteiger partial charge < -0.3 is 0 Å². The first-order valence-corrected chi connectivity index (χ1v) is 10.3. The van der Waals surface area contributed by atoms with Crippen LogP contribution in [0.3, 0.4) is 0 Å². The van der Waals surface area contributed by atoms with E-state index in [1.54, 1.807) is 0 Å². The fraction of sp³-hybridized carbons (Fsp3) is 0.647. The molecule has 0 bridgehead atoms. The van der Waals surface area contributed by atoms with Gasteiger partial charge >= 0.3 is 0 Å². The fourth-order valence-corrected chi connectivity index (χ4v) is 7.26. The van der Waals surface area contributed by atoms with E-state index in [4.69, 9.17) is 4.98 Å².